The summed E-state index contributed by atoms with van der Waals surface area (Å²) < 4.78 is 0. The summed E-state index contributed by atoms with van der Waals surface area (Å²) in [5, 5.41) is 22.2. The molecule has 0 aromatic heterocycles. The van der Waals surface area contributed by atoms with E-state index in [1.165, 1.54) is 0 Å². The third-order valence-corrected chi connectivity index (χ3v) is 2.41. The van der Waals surface area contributed by atoms with Gasteiger partial charge in [0, 0.05) is 17.7 Å². The number of hydrogen-bond donors (Lipinski definition) is 3. The summed E-state index contributed by atoms with van der Waals surface area (Å²) in [6, 6.07) is 7.34. The predicted octanol–water partition coefficient (Wildman–Crippen LogP) is 2.95. The van der Waals surface area contributed by atoms with E-state index in [0.717, 1.165) is 11.3 Å². The molecule has 1 aromatic rings. The zero-order valence-electron chi connectivity index (χ0n) is 8.77. The van der Waals surface area contributed by atoms with Crippen molar-refractivity contribution >= 4 is 11.8 Å². The Labute approximate surface area is 94.0 Å². The van der Waals surface area contributed by atoms with Crippen LogP contribution in [0.4, 0.5) is 0 Å². The van der Waals surface area contributed by atoms with Gasteiger partial charge in [0.1, 0.15) is 0 Å². The smallest absolute Gasteiger partial charge is 0.232 e. The van der Waals surface area contributed by atoms with E-state index in [-0.39, 0.29) is 11.6 Å². The van der Waals surface area contributed by atoms with Crippen molar-refractivity contribution in [3.05, 3.63) is 59.6 Å². The van der Waals surface area contributed by atoms with E-state index >= 15 is 0 Å². The van der Waals surface area contributed by atoms with E-state index in [4.69, 9.17) is 0 Å². The SMILES string of the molecule is C=CCC1=Cc2ccccc2C(O)=C(O)N1. The molecule has 1 aliphatic rings. The van der Waals surface area contributed by atoms with Crippen molar-refractivity contribution in [2.75, 3.05) is 0 Å². The van der Waals surface area contributed by atoms with Crippen LogP contribution in [-0.4, -0.2) is 10.2 Å². The number of rotatable bonds is 2. The molecule has 0 amide bonds. The lowest BCUT2D eigenvalue weighted by molar-refractivity contribution is 0.352. The van der Waals surface area contributed by atoms with Crippen LogP contribution in [0.3, 0.4) is 0 Å². The maximum atomic E-state index is 9.80. The molecule has 0 saturated carbocycles. The topological polar surface area (TPSA) is 52.5 Å². The van der Waals surface area contributed by atoms with Gasteiger partial charge in [-0.05, 0) is 11.6 Å². The maximum absolute atomic E-state index is 9.80. The minimum absolute atomic E-state index is 0.133. The molecule has 1 aliphatic heterocycles. The molecular formula is C13H13NO2. The van der Waals surface area contributed by atoms with Gasteiger partial charge in [0.05, 0.1) is 0 Å². The second-order valence-corrected chi connectivity index (χ2v) is 3.57. The highest BCUT2D eigenvalue weighted by Gasteiger charge is 2.15. The third kappa shape index (κ3) is 1.80. The lowest BCUT2D eigenvalue weighted by atomic mass is 10.1. The van der Waals surface area contributed by atoms with Crippen LogP contribution in [-0.2, 0) is 0 Å². The van der Waals surface area contributed by atoms with Crippen molar-refractivity contribution in [2.24, 2.45) is 0 Å². The summed E-state index contributed by atoms with van der Waals surface area (Å²) in [6.07, 6.45) is 4.22. The van der Waals surface area contributed by atoms with Gasteiger partial charge in [-0.1, -0.05) is 30.3 Å². The minimum Gasteiger partial charge on any atom is -0.503 e. The standard InChI is InChI=1S/C13H13NO2/c1-2-5-10-8-9-6-3-4-7-11(9)12(15)13(16)14-10/h2-4,6-8,14-16H,1,5H2. The van der Waals surface area contributed by atoms with Crippen molar-refractivity contribution in [3.8, 4) is 0 Å². The Balaban J connectivity index is 2.56. The van der Waals surface area contributed by atoms with Crippen LogP contribution in [0.5, 0.6) is 0 Å². The lowest BCUT2D eigenvalue weighted by Crippen LogP contribution is -2.12. The van der Waals surface area contributed by atoms with Crippen LogP contribution in [0.25, 0.3) is 11.8 Å². The Morgan fingerprint density at radius 1 is 1.25 bits per heavy atom. The molecule has 2 rings (SSSR count). The zero-order valence-corrected chi connectivity index (χ0v) is 8.77. The second kappa shape index (κ2) is 4.14. The first-order valence-electron chi connectivity index (χ1n) is 5.02. The number of aliphatic hydroxyl groups excluding tert-OH is 2. The van der Waals surface area contributed by atoms with Gasteiger partial charge in [0.15, 0.2) is 5.76 Å². The molecule has 0 aliphatic carbocycles. The zero-order chi connectivity index (χ0) is 11.5. The molecule has 3 heteroatoms. The molecule has 16 heavy (non-hydrogen) atoms. The first-order chi connectivity index (χ1) is 7.72. The Hall–Kier alpha value is -2.16. The Morgan fingerprint density at radius 3 is 2.75 bits per heavy atom. The highest BCUT2D eigenvalue weighted by Crippen LogP contribution is 2.24. The molecule has 0 bridgehead atoms. The summed E-state index contributed by atoms with van der Waals surface area (Å²) >= 11 is 0. The number of allylic oxidation sites excluding steroid dienone is 1. The van der Waals surface area contributed by atoms with Crippen LogP contribution in [0.15, 0.2) is 48.5 Å². The maximum Gasteiger partial charge on any atom is 0.232 e. The number of fused-ring (bicyclic) bond motifs is 1. The average molecular weight is 215 g/mol. The third-order valence-electron chi connectivity index (χ3n) is 2.41. The summed E-state index contributed by atoms with van der Waals surface area (Å²) in [5.74, 6) is -0.357. The first kappa shape index (κ1) is 10.4. The van der Waals surface area contributed by atoms with Gasteiger partial charge in [-0.3, -0.25) is 0 Å². The van der Waals surface area contributed by atoms with Crippen molar-refractivity contribution in [1.29, 1.82) is 0 Å². The van der Waals surface area contributed by atoms with E-state index in [2.05, 4.69) is 11.9 Å². The van der Waals surface area contributed by atoms with Gasteiger partial charge in [0.25, 0.3) is 0 Å². The summed E-state index contributed by atoms with van der Waals surface area (Å²) in [5.41, 5.74) is 2.28. The van der Waals surface area contributed by atoms with E-state index in [0.29, 0.717) is 12.0 Å². The van der Waals surface area contributed by atoms with Crippen LogP contribution >= 0.6 is 0 Å². The molecule has 0 unspecified atom stereocenters. The van der Waals surface area contributed by atoms with Gasteiger partial charge in [-0.25, -0.2) is 0 Å². The van der Waals surface area contributed by atoms with Crippen molar-refractivity contribution < 1.29 is 10.2 Å². The van der Waals surface area contributed by atoms with Gasteiger partial charge >= 0.3 is 0 Å². The number of nitrogens with one attached hydrogen (secondary N) is 1. The average Bonchev–Trinajstić information content (AvgIpc) is 2.39. The summed E-state index contributed by atoms with van der Waals surface area (Å²) in [6.45, 7) is 3.64. The fraction of sp³-hybridized carbons (Fsp3) is 0.0769. The van der Waals surface area contributed by atoms with E-state index in [1.54, 1.807) is 12.1 Å². The van der Waals surface area contributed by atoms with Crippen LogP contribution in [0.2, 0.25) is 0 Å². The Morgan fingerprint density at radius 2 is 2.00 bits per heavy atom. The normalized spacial score (nSPS) is 14.6. The van der Waals surface area contributed by atoms with Crippen LogP contribution in [0, 0.1) is 0 Å². The van der Waals surface area contributed by atoms with Crippen LogP contribution in [0.1, 0.15) is 17.5 Å². The highest BCUT2D eigenvalue weighted by atomic mass is 16.3. The van der Waals surface area contributed by atoms with E-state index in [1.807, 2.05) is 24.3 Å². The largest absolute Gasteiger partial charge is 0.503 e. The predicted molar refractivity (Wildman–Crippen MR) is 64.5 cm³/mol. The highest BCUT2D eigenvalue weighted by molar-refractivity contribution is 5.73. The lowest BCUT2D eigenvalue weighted by Gasteiger charge is -2.06. The second-order valence-electron chi connectivity index (χ2n) is 3.57. The quantitative estimate of drug-likeness (QED) is 0.665. The van der Waals surface area contributed by atoms with Crippen molar-refractivity contribution in [3.63, 3.8) is 0 Å². The van der Waals surface area contributed by atoms with E-state index in [9.17, 15) is 10.2 Å². The molecule has 0 radical (unpaired) electrons. The number of aliphatic hydroxyl groups is 2. The fourth-order valence-corrected chi connectivity index (χ4v) is 1.67. The first-order valence-corrected chi connectivity index (χ1v) is 5.02. The molecular weight excluding hydrogens is 202 g/mol. The van der Waals surface area contributed by atoms with Gasteiger partial charge in [0.2, 0.25) is 5.88 Å². The molecule has 0 atom stereocenters. The molecule has 3 N–H and O–H groups in total. The van der Waals surface area contributed by atoms with Gasteiger partial charge < -0.3 is 15.5 Å². The number of benzene rings is 1. The van der Waals surface area contributed by atoms with Gasteiger partial charge in [-0.15, -0.1) is 6.58 Å². The summed E-state index contributed by atoms with van der Waals surface area (Å²) in [4.78, 5) is 0. The molecule has 3 nitrogen and oxygen atoms in total. The van der Waals surface area contributed by atoms with Crippen LogP contribution < -0.4 is 5.32 Å². The Bertz CT molecular complexity index is 486. The van der Waals surface area contributed by atoms with E-state index < -0.39 is 0 Å². The molecule has 0 spiro atoms. The molecule has 0 fully saturated rings. The molecule has 1 aromatic carbocycles. The monoisotopic (exact) mass is 215 g/mol. The molecule has 82 valence electrons. The van der Waals surface area contributed by atoms with Gasteiger partial charge in [-0.2, -0.15) is 0 Å². The molecule has 1 heterocycles. The summed E-state index contributed by atoms with van der Waals surface area (Å²) in [7, 11) is 0. The van der Waals surface area contributed by atoms with Crippen molar-refractivity contribution in [1.82, 2.24) is 5.32 Å². The van der Waals surface area contributed by atoms with Crippen molar-refractivity contribution in [2.45, 2.75) is 6.42 Å². The fourth-order valence-electron chi connectivity index (χ4n) is 1.67. The Kier molecular flexibility index (Phi) is 2.68. The molecule has 0 saturated heterocycles. The minimum atomic E-state index is -0.224. The number of hydrogen-bond acceptors (Lipinski definition) is 3.